The van der Waals surface area contributed by atoms with Crippen molar-refractivity contribution in [1.29, 1.82) is 0 Å². The predicted octanol–water partition coefficient (Wildman–Crippen LogP) is 3.12. The largest absolute Gasteiger partial charge is 0.496 e. The normalized spacial score (nSPS) is 10.5. The third kappa shape index (κ3) is 2.86. The van der Waals surface area contributed by atoms with Gasteiger partial charge < -0.3 is 9.84 Å². The highest BCUT2D eigenvalue weighted by Crippen LogP contribution is 2.32. The van der Waals surface area contributed by atoms with E-state index in [1.165, 1.54) is 0 Å². The van der Waals surface area contributed by atoms with Gasteiger partial charge >= 0.3 is 0 Å². The number of aliphatic hydroxyl groups is 1. The molecule has 0 unspecified atom stereocenters. The fraction of sp³-hybridized carbons (Fsp3) is 0.250. The van der Waals surface area contributed by atoms with Crippen LogP contribution in [0.15, 0.2) is 28.9 Å². The van der Waals surface area contributed by atoms with Gasteiger partial charge in [0.2, 0.25) is 0 Å². The molecule has 2 aromatic rings. The van der Waals surface area contributed by atoms with Crippen LogP contribution in [0.1, 0.15) is 4.88 Å². The third-order valence-corrected chi connectivity index (χ3v) is 4.04. The summed E-state index contributed by atoms with van der Waals surface area (Å²) in [6.45, 7) is 0.161. The van der Waals surface area contributed by atoms with Crippen LogP contribution in [0.2, 0.25) is 0 Å². The molecule has 0 aliphatic rings. The van der Waals surface area contributed by atoms with Gasteiger partial charge in [0.25, 0.3) is 0 Å². The molecule has 1 aromatic carbocycles. The quantitative estimate of drug-likeness (QED) is 0.943. The van der Waals surface area contributed by atoms with E-state index in [1.54, 1.807) is 18.4 Å². The summed E-state index contributed by atoms with van der Waals surface area (Å²) in [7, 11) is 1.64. The lowest BCUT2D eigenvalue weighted by atomic mass is 10.2. The fourth-order valence-corrected chi connectivity index (χ4v) is 2.90. The summed E-state index contributed by atoms with van der Waals surface area (Å²) >= 11 is 5.05. The zero-order chi connectivity index (χ0) is 12.3. The molecule has 0 saturated carbocycles. The van der Waals surface area contributed by atoms with Crippen molar-refractivity contribution in [1.82, 2.24) is 4.98 Å². The first-order valence-corrected chi connectivity index (χ1v) is 6.75. The van der Waals surface area contributed by atoms with Crippen molar-refractivity contribution >= 4 is 27.3 Å². The highest BCUT2D eigenvalue weighted by molar-refractivity contribution is 9.10. The molecule has 0 atom stereocenters. The molecule has 0 bridgehead atoms. The van der Waals surface area contributed by atoms with E-state index < -0.39 is 0 Å². The average Bonchev–Trinajstić information content (AvgIpc) is 2.78. The van der Waals surface area contributed by atoms with E-state index in [1.807, 2.05) is 24.4 Å². The molecule has 3 nitrogen and oxygen atoms in total. The van der Waals surface area contributed by atoms with E-state index in [0.717, 1.165) is 25.7 Å². The van der Waals surface area contributed by atoms with Gasteiger partial charge in [0.15, 0.2) is 0 Å². The lowest BCUT2D eigenvalue weighted by Gasteiger charge is -2.04. The smallest absolute Gasteiger partial charge is 0.133 e. The second kappa shape index (κ2) is 5.62. The molecule has 0 radical (unpaired) electrons. The van der Waals surface area contributed by atoms with Crippen LogP contribution in [0.4, 0.5) is 0 Å². The molecule has 0 aliphatic carbocycles. The molecule has 0 fully saturated rings. The van der Waals surface area contributed by atoms with Gasteiger partial charge in [-0.15, -0.1) is 11.3 Å². The molecule has 1 heterocycles. The zero-order valence-corrected chi connectivity index (χ0v) is 11.7. The summed E-state index contributed by atoms with van der Waals surface area (Å²) < 4.78 is 6.10. The fourth-order valence-electron chi connectivity index (χ4n) is 1.47. The maximum absolute atomic E-state index is 8.87. The Labute approximate surface area is 112 Å². The van der Waals surface area contributed by atoms with Gasteiger partial charge in [-0.2, -0.15) is 0 Å². The van der Waals surface area contributed by atoms with Crippen molar-refractivity contribution < 1.29 is 9.84 Å². The number of methoxy groups -OCH3 is 1. The van der Waals surface area contributed by atoms with Crippen LogP contribution in [0, 0.1) is 0 Å². The van der Waals surface area contributed by atoms with Crippen molar-refractivity contribution in [2.45, 2.75) is 6.42 Å². The second-order valence-electron chi connectivity index (χ2n) is 3.45. The Morgan fingerprint density at radius 1 is 1.47 bits per heavy atom. The molecular weight excluding hydrogens is 302 g/mol. The highest BCUT2D eigenvalue weighted by atomic mass is 79.9. The van der Waals surface area contributed by atoms with Crippen molar-refractivity contribution in [3.8, 4) is 16.3 Å². The van der Waals surface area contributed by atoms with Crippen molar-refractivity contribution in [2.75, 3.05) is 13.7 Å². The summed E-state index contributed by atoms with van der Waals surface area (Å²) in [5.74, 6) is 0.806. The Morgan fingerprint density at radius 3 is 2.94 bits per heavy atom. The lowest BCUT2D eigenvalue weighted by Crippen LogP contribution is -1.85. The molecule has 90 valence electrons. The molecular formula is C12H12BrNO2S. The Hall–Kier alpha value is -0.910. The summed E-state index contributed by atoms with van der Waals surface area (Å²) in [6.07, 6.45) is 2.48. The average molecular weight is 314 g/mol. The number of rotatable bonds is 4. The number of halogens is 1. The lowest BCUT2D eigenvalue weighted by molar-refractivity contribution is 0.300. The first kappa shape index (κ1) is 12.5. The summed E-state index contributed by atoms with van der Waals surface area (Å²) in [5.41, 5.74) is 1.05. The number of ether oxygens (including phenoxy) is 1. The van der Waals surface area contributed by atoms with E-state index in [0.29, 0.717) is 6.42 Å². The molecule has 17 heavy (non-hydrogen) atoms. The monoisotopic (exact) mass is 313 g/mol. The number of aromatic nitrogens is 1. The molecule has 0 aliphatic heterocycles. The van der Waals surface area contributed by atoms with Gasteiger partial charge in [-0.3, -0.25) is 0 Å². The highest BCUT2D eigenvalue weighted by Gasteiger charge is 2.07. The van der Waals surface area contributed by atoms with Crippen LogP contribution in [-0.2, 0) is 6.42 Å². The molecule has 5 heteroatoms. The maximum Gasteiger partial charge on any atom is 0.133 e. The van der Waals surface area contributed by atoms with Crippen molar-refractivity contribution in [3.05, 3.63) is 33.7 Å². The van der Waals surface area contributed by atoms with Crippen LogP contribution >= 0.6 is 27.3 Å². The first-order valence-electron chi connectivity index (χ1n) is 5.14. The molecule has 1 aromatic heterocycles. The Bertz CT molecular complexity index is 513. The number of hydrogen-bond donors (Lipinski definition) is 1. The van der Waals surface area contributed by atoms with Crippen molar-refractivity contribution in [3.63, 3.8) is 0 Å². The summed E-state index contributed by atoms with van der Waals surface area (Å²) in [6, 6.07) is 5.87. The summed E-state index contributed by atoms with van der Waals surface area (Å²) in [4.78, 5) is 5.44. The molecule has 1 N–H and O–H groups in total. The first-order chi connectivity index (χ1) is 8.24. The number of hydrogen-bond acceptors (Lipinski definition) is 4. The van der Waals surface area contributed by atoms with Gasteiger partial charge in [0.1, 0.15) is 10.8 Å². The van der Waals surface area contributed by atoms with Crippen LogP contribution in [0.25, 0.3) is 10.6 Å². The van der Waals surface area contributed by atoms with Gasteiger partial charge in [-0.1, -0.05) is 0 Å². The van der Waals surface area contributed by atoms with Crippen LogP contribution in [-0.4, -0.2) is 23.8 Å². The van der Waals surface area contributed by atoms with Crippen molar-refractivity contribution in [2.24, 2.45) is 0 Å². The number of aliphatic hydroxyl groups excluding tert-OH is 1. The SMILES string of the molecule is COc1ccc(-c2ncc(CCO)s2)cc1Br. The molecule has 0 saturated heterocycles. The Morgan fingerprint density at radius 2 is 2.29 bits per heavy atom. The van der Waals surface area contributed by atoms with Gasteiger partial charge in [0, 0.05) is 29.7 Å². The van der Waals surface area contributed by atoms with E-state index in [-0.39, 0.29) is 6.61 Å². The van der Waals surface area contributed by atoms with E-state index in [4.69, 9.17) is 9.84 Å². The number of nitrogens with zero attached hydrogens (tertiary/aromatic N) is 1. The second-order valence-corrected chi connectivity index (χ2v) is 5.42. The third-order valence-electron chi connectivity index (χ3n) is 2.31. The summed E-state index contributed by atoms with van der Waals surface area (Å²) in [5, 5.41) is 9.82. The molecule has 0 amide bonds. The standard InChI is InChI=1S/C12H12BrNO2S/c1-16-11-3-2-8(6-10(11)13)12-14-7-9(17-12)4-5-15/h2-3,6-7,15H,4-5H2,1H3. The molecule has 2 rings (SSSR count). The Balaban J connectivity index is 2.29. The van der Waals surface area contributed by atoms with E-state index >= 15 is 0 Å². The number of benzene rings is 1. The van der Waals surface area contributed by atoms with Gasteiger partial charge in [-0.05, 0) is 34.1 Å². The van der Waals surface area contributed by atoms with Gasteiger partial charge in [-0.25, -0.2) is 4.98 Å². The molecule has 0 spiro atoms. The minimum Gasteiger partial charge on any atom is -0.496 e. The predicted molar refractivity (Wildman–Crippen MR) is 72.6 cm³/mol. The minimum atomic E-state index is 0.161. The topological polar surface area (TPSA) is 42.4 Å². The van der Waals surface area contributed by atoms with Crippen LogP contribution in [0.3, 0.4) is 0 Å². The maximum atomic E-state index is 8.87. The zero-order valence-electron chi connectivity index (χ0n) is 9.31. The van der Waals surface area contributed by atoms with Crippen LogP contribution in [0.5, 0.6) is 5.75 Å². The van der Waals surface area contributed by atoms with Gasteiger partial charge in [0.05, 0.1) is 11.6 Å². The number of thiazole rings is 1. The van der Waals surface area contributed by atoms with E-state index in [9.17, 15) is 0 Å². The van der Waals surface area contributed by atoms with Crippen LogP contribution < -0.4 is 4.74 Å². The van der Waals surface area contributed by atoms with E-state index in [2.05, 4.69) is 20.9 Å². The Kier molecular flexibility index (Phi) is 4.15. The minimum absolute atomic E-state index is 0.161.